The third-order valence-electron chi connectivity index (χ3n) is 4.27. The number of aromatic nitrogens is 5. The molecule has 0 unspecified atom stereocenters. The van der Waals surface area contributed by atoms with Gasteiger partial charge in [0.2, 0.25) is 0 Å². The van der Waals surface area contributed by atoms with Crippen molar-refractivity contribution in [1.82, 2.24) is 24.1 Å². The Hall–Kier alpha value is -2.95. The summed E-state index contributed by atoms with van der Waals surface area (Å²) in [7, 11) is 0. The Kier molecular flexibility index (Phi) is 4.06. The lowest BCUT2D eigenvalue weighted by molar-refractivity contribution is 0.623. The molecule has 126 valence electrons. The van der Waals surface area contributed by atoms with Gasteiger partial charge >= 0.3 is 0 Å². The maximum Gasteiger partial charge on any atom is 0.160 e. The van der Waals surface area contributed by atoms with Crippen LogP contribution >= 0.6 is 0 Å². The first-order valence-corrected chi connectivity index (χ1v) is 8.65. The van der Waals surface area contributed by atoms with Crippen LogP contribution in [0.15, 0.2) is 54.9 Å². The summed E-state index contributed by atoms with van der Waals surface area (Å²) >= 11 is 0. The highest BCUT2D eigenvalue weighted by Gasteiger charge is 2.14. The minimum Gasteiger partial charge on any atom is -0.323 e. The highest BCUT2D eigenvalue weighted by atomic mass is 15.2. The largest absolute Gasteiger partial charge is 0.323 e. The molecule has 0 atom stereocenters. The van der Waals surface area contributed by atoms with Crippen molar-refractivity contribution in [3.63, 3.8) is 0 Å². The number of imidazole rings is 2. The van der Waals surface area contributed by atoms with E-state index < -0.39 is 0 Å². The van der Waals surface area contributed by atoms with Crippen LogP contribution in [0.3, 0.4) is 0 Å². The molecule has 4 aromatic rings. The van der Waals surface area contributed by atoms with Crippen LogP contribution in [0.25, 0.3) is 22.6 Å². The number of fused-ring (bicyclic) bond motifs is 1. The van der Waals surface area contributed by atoms with Gasteiger partial charge in [-0.1, -0.05) is 37.3 Å². The highest BCUT2D eigenvalue weighted by Crippen LogP contribution is 2.21. The molecule has 0 amide bonds. The lowest BCUT2D eigenvalue weighted by Crippen LogP contribution is -2.09. The number of hydrogen-bond acceptors (Lipinski definition) is 3. The van der Waals surface area contributed by atoms with Gasteiger partial charge in [0.05, 0.1) is 12.2 Å². The smallest absolute Gasteiger partial charge is 0.160 e. The molecule has 0 saturated heterocycles. The van der Waals surface area contributed by atoms with Crippen molar-refractivity contribution in [1.29, 1.82) is 0 Å². The first-order chi connectivity index (χ1) is 12.3. The molecule has 0 bridgehead atoms. The summed E-state index contributed by atoms with van der Waals surface area (Å²) < 4.78 is 4.40. The minimum atomic E-state index is 0.682. The third-order valence-corrected chi connectivity index (χ3v) is 4.27. The minimum absolute atomic E-state index is 0.682. The fourth-order valence-corrected chi connectivity index (χ4v) is 3.22. The Bertz CT molecular complexity index is 998. The summed E-state index contributed by atoms with van der Waals surface area (Å²) in [5.74, 6) is 1.99. The standard InChI is InChI=1S/C20H21N5/c1-3-12-25-18(23-17-10-7-11-21-20(17)25)14-24-13-15(2)22-19(24)16-8-5-4-6-9-16/h4-11,13H,3,12,14H2,1-2H3. The number of rotatable bonds is 5. The molecule has 0 aliphatic heterocycles. The van der Waals surface area contributed by atoms with Gasteiger partial charge in [0, 0.05) is 24.5 Å². The van der Waals surface area contributed by atoms with E-state index in [1.807, 2.05) is 43.5 Å². The van der Waals surface area contributed by atoms with E-state index in [9.17, 15) is 0 Å². The molecule has 1 aromatic carbocycles. The van der Waals surface area contributed by atoms with Crippen molar-refractivity contribution < 1.29 is 0 Å². The van der Waals surface area contributed by atoms with E-state index in [1.54, 1.807) is 0 Å². The molecule has 0 saturated carbocycles. The third kappa shape index (κ3) is 2.93. The molecule has 0 aliphatic rings. The molecule has 3 aromatic heterocycles. The van der Waals surface area contributed by atoms with E-state index in [0.29, 0.717) is 6.54 Å². The number of pyridine rings is 1. The van der Waals surface area contributed by atoms with Crippen molar-refractivity contribution in [2.24, 2.45) is 0 Å². The Morgan fingerprint density at radius 1 is 1.00 bits per heavy atom. The molecule has 0 spiro atoms. The monoisotopic (exact) mass is 331 g/mol. The SMILES string of the molecule is CCCn1c(Cn2cc(C)nc2-c2ccccc2)nc2cccnc21. The van der Waals surface area contributed by atoms with Gasteiger partial charge in [-0.3, -0.25) is 0 Å². The first kappa shape index (κ1) is 15.6. The topological polar surface area (TPSA) is 48.5 Å². The fraction of sp³-hybridized carbons (Fsp3) is 0.250. The molecular formula is C20H21N5. The molecule has 3 heterocycles. The second-order valence-corrected chi connectivity index (χ2v) is 6.23. The van der Waals surface area contributed by atoms with Crippen LogP contribution in [0.4, 0.5) is 0 Å². The second kappa shape index (κ2) is 6.51. The molecule has 0 radical (unpaired) electrons. The van der Waals surface area contributed by atoms with Crippen molar-refractivity contribution in [3.8, 4) is 11.4 Å². The summed E-state index contributed by atoms with van der Waals surface area (Å²) in [4.78, 5) is 14.1. The van der Waals surface area contributed by atoms with Gasteiger partial charge in [0.15, 0.2) is 5.65 Å². The molecule has 0 N–H and O–H groups in total. The molecule has 25 heavy (non-hydrogen) atoms. The average Bonchev–Trinajstić information content (AvgIpc) is 3.17. The van der Waals surface area contributed by atoms with Gasteiger partial charge in [-0.25, -0.2) is 15.0 Å². The van der Waals surface area contributed by atoms with Crippen LogP contribution in [-0.4, -0.2) is 24.1 Å². The lowest BCUT2D eigenvalue weighted by Gasteiger charge is -2.10. The van der Waals surface area contributed by atoms with Gasteiger partial charge in [-0.15, -0.1) is 0 Å². The molecule has 5 heteroatoms. The predicted octanol–water partition coefficient (Wildman–Crippen LogP) is 4.06. The van der Waals surface area contributed by atoms with Gasteiger partial charge in [0.1, 0.15) is 17.2 Å². The Morgan fingerprint density at radius 2 is 1.84 bits per heavy atom. The van der Waals surface area contributed by atoms with Crippen LogP contribution in [0.5, 0.6) is 0 Å². The number of benzene rings is 1. The normalized spacial score (nSPS) is 11.3. The van der Waals surface area contributed by atoms with E-state index in [4.69, 9.17) is 9.97 Å². The highest BCUT2D eigenvalue weighted by molar-refractivity contribution is 5.71. The van der Waals surface area contributed by atoms with E-state index in [-0.39, 0.29) is 0 Å². The Labute approximate surface area is 147 Å². The van der Waals surface area contributed by atoms with Crippen molar-refractivity contribution in [2.75, 3.05) is 0 Å². The zero-order valence-corrected chi connectivity index (χ0v) is 14.6. The van der Waals surface area contributed by atoms with Crippen LogP contribution < -0.4 is 0 Å². The Morgan fingerprint density at radius 3 is 2.64 bits per heavy atom. The second-order valence-electron chi connectivity index (χ2n) is 6.23. The zero-order chi connectivity index (χ0) is 17.2. The van der Waals surface area contributed by atoms with Crippen molar-refractivity contribution in [3.05, 3.63) is 66.4 Å². The van der Waals surface area contributed by atoms with E-state index in [2.05, 4.69) is 39.4 Å². The van der Waals surface area contributed by atoms with Gasteiger partial charge in [0.25, 0.3) is 0 Å². The van der Waals surface area contributed by atoms with Gasteiger partial charge in [-0.2, -0.15) is 0 Å². The van der Waals surface area contributed by atoms with Crippen LogP contribution in [-0.2, 0) is 13.1 Å². The van der Waals surface area contributed by atoms with Crippen LogP contribution in [0, 0.1) is 6.92 Å². The van der Waals surface area contributed by atoms with Gasteiger partial charge in [-0.05, 0) is 25.5 Å². The summed E-state index contributed by atoms with van der Waals surface area (Å²) in [6.45, 7) is 5.80. The summed E-state index contributed by atoms with van der Waals surface area (Å²) in [5, 5.41) is 0. The van der Waals surface area contributed by atoms with Crippen molar-refractivity contribution >= 4 is 11.2 Å². The number of hydrogen-bond donors (Lipinski definition) is 0. The van der Waals surface area contributed by atoms with E-state index in [1.165, 1.54) is 0 Å². The molecule has 4 rings (SSSR count). The lowest BCUT2D eigenvalue weighted by atomic mass is 10.2. The Balaban J connectivity index is 1.79. The van der Waals surface area contributed by atoms with E-state index >= 15 is 0 Å². The summed E-state index contributed by atoms with van der Waals surface area (Å²) in [6, 6.07) is 14.3. The first-order valence-electron chi connectivity index (χ1n) is 8.65. The predicted molar refractivity (Wildman–Crippen MR) is 99.3 cm³/mol. The van der Waals surface area contributed by atoms with Gasteiger partial charge < -0.3 is 9.13 Å². The quantitative estimate of drug-likeness (QED) is 0.554. The molecular weight excluding hydrogens is 310 g/mol. The summed E-state index contributed by atoms with van der Waals surface area (Å²) in [5.41, 5.74) is 4.03. The molecule has 0 fully saturated rings. The zero-order valence-electron chi connectivity index (χ0n) is 14.6. The van der Waals surface area contributed by atoms with Crippen LogP contribution in [0.2, 0.25) is 0 Å². The average molecular weight is 331 g/mol. The number of aryl methyl sites for hydroxylation is 2. The van der Waals surface area contributed by atoms with Crippen molar-refractivity contribution in [2.45, 2.75) is 33.4 Å². The maximum atomic E-state index is 4.82. The van der Waals surface area contributed by atoms with Crippen LogP contribution in [0.1, 0.15) is 24.9 Å². The molecule has 5 nitrogen and oxygen atoms in total. The van der Waals surface area contributed by atoms with E-state index in [0.717, 1.165) is 47.0 Å². The fourth-order valence-electron chi connectivity index (χ4n) is 3.22. The molecule has 0 aliphatic carbocycles. The maximum absolute atomic E-state index is 4.82. The summed E-state index contributed by atoms with van der Waals surface area (Å²) in [6.07, 6.45) is 4.96. The number of nitrogens with zero attached hydrogens (tertiary/aromatic N) is 5.